The second-order valence-corrected chi connectivity index (χ2v) is 8.39. The minimum Gasteiger partial charge on any atom is -0.385 e. The van der Waals surface area contributed by atoms with Crippen LogP contribution in [0.1, 0.15) is 49.9 Å². The third-order valence-electron chi connectivity index (χ3n) is 6.52. The molecule has 3 heterocycles. The Labute approximate surface area is 164 Å². The predicted molar refractivity (Wildman–Crippen MR) is 109 cm³/mol. The third-order valence-corrected chi connectivity index (χ3v) is 6.52. The third kappa shape index (κ3) is 5.14. The number of carbonyl (C=O) groups is 1. The Balaban J connectivity index is 1.67. The average Bonchev–Trinajstić information content (AvgIpc) is 2.99. The Morgan fingerprint density at radius 3 is 2.63 bits per heavy atom. The van der Waals surface area contributed by atoms with Gasteiger partial charge in [-0.05, 0) is 77.1 Å². The van der Waals surface area contributed by atoms with Gasteiger partial charge in [0.25, 0.3) is 0 Å². The molecule has 2 atom stereocenters. The van der Waals surface area contributed by atoms with Gasteiger partial charge in [-0.3, -0.25) is 4.79 Å². The Morgan fingerprint density at radius 2 is 1.89 bits per heavy atom. The number of piperidine rings is 2. The fraction of sp³-hybridized carbons (Fsp3) is 0.773. The molecule has 0 bridgehead atoms. The molecule has 2 unspecified atom stereocenters. The number of amides is 1. The zero-order chi connectivity index (χ0) is 19.2. The molecule has 2 aliphatic heterocycles. The first-order valence-electron chi connectivity index (χ1n) is 10.7. The van der Waals surface area contributed by atoms with E-state index < -0.39 is 0 Å². The van der Waals surface area contributed by atoms with Crippen LogP contribution in [0, 0.1) is 19.8 Å². The van der Waals surface area contributed by atoms with Gasteiger partial charge in [-0.1, -0.05) is 6.42 Å². The van der Waals surface area contributed by atoms with Gasteiger partial charge >= 0.3 is 0 Å². The number of nitrogens with zero attached hydrogens (tertiary/aromatic N) is 3. The number of hydrogen-bond donors (Lipinski definition) is 0. The molecule has 0 N–H and O–H groups in total. The molecule has 0 aromatic carbocycles. The number of carbonyl (C=O) groups excluding carboxylic acids is 1. The lowest BCUT2D eigenvalue weighted by Gasteiger charge is -2.45. The molecule has 152 valence electrons. The number of fused-ring (bicyclic) bond motifs is 1. The summed E-state index contributed by atoms with van der Waals surface area (Å²) in [6.07, 6.45) is 7.43. The molecule has 2 fully saturated rings. The smallest absolute Gasteiger partial charge is 0.242 e. The normalized spacial score (nSPS) is 23.2. The monoisotopic (exact) mass is 375 g/mol. The van der Waals surface area contributed by atoms with Crippen molar-refractivity contribution < 1.29 is 9.53 Å². The first-order chi connectivity index (χ1) is 13.1. The lowest BCUT2D eigenvalue weighted by atomic mass is 9.83. The van der Waals surface area contributed by atoms with Crippen LogP contribution in [-0.2, 0) is 16.1 Å². The fourth-order valence-corrected chi connectivity index (χ4v) is 4.97. The van der Waals surface area contributed by atoms with E-state index in [4.69, 9.17) is 4.74 Å². The maximum absolute atomic E-state index is 13.2. The van der Waals surface area contributed by atoms with Crippen molar-refractivity contribution in [2.24, 2.45) is 5.92 Å². The summed E-state index contributed by atoms with van der Waals surface area (Å²) >= 11 is 0. The van der Waals surface area contributed by atoms with Crippen molar-refractivity contribution in [3.05, 3.63) is 23.5 Å². The van der Waals surface area contributed by atoms with Crippen LogP contribution in [0.15, 0.2) is 12.1 Å². The van der Waals surface area contributed by atoms with E-state index in [1.807, 2.05) is 0 Å². The largest absolute Gasteiger partial charge is 0.385 e. The van der Waals surface area contributed by atoms with Crippen molar-refractivity contribution >= 4 is 5.91 Å². The molecular weight excluding hydrogens is 338 g/mol. The van der Waals surface area contributed by atoms with Gasteiger partial charge < -0.3 is 19.1 Å². The van der Waals surface area contributed by atoms with E-state index in [-0.39, 0.29) is 5.91 Å². The molecule has 0 spiro atoms. The Morgan fingerprint density at radius 1 is 1.15 bits per heavy atom. The Kier molecular flexibility index (Phi) is 7.36. The highest BCUT2D eigenvalue weighted by Gasteiger charge is 2.34. The Hall–Kier alpha value is -1.33. The minimum absolute atomic E-state index is 0.251. The molecular formula is C22H37N3O2. The second-order valence-electron chi connectivity index (χ2n) is 8.39. The lowest BCUT2D eigenvalue weighted by molar-refractivity contribution is -0.133. The van der Waals surface area contributed by atoms with Crippen molar-refractivity contribution in [2.75, 3.05) is 39.9 Å². The van der Waals surface area contributed by atoms with Crippen molar-refractivity contribution in [1.82, 2.24) is 14.4 Å². The van der Waals surface area contributed by atoms with Crippen LogP contribution in [0.25, 0.3) is 0 Å². The molecule has 5 nitrogen and oxygen atoms in total. The topological polar surface area (TPSA) is 37.7 Å². The summed E-state index contributed by atoms with van der Waals surface area (Å²) in [5.41, 5.74) is 2.32. The summed E-state index contributed by atoms with van der Waals surface area (Å²) in [5, 5.41) is 0. The maximum atomic E-state index is 13.2. The first-order valence-corrected chi connectivity index (χ1v) is 10.7. The molecule has 1 aromatic rings. The van der Waals surface area contributed by atoms with Crippen LogP contribution < -0.4 is 0 Å². The van der Waals surface area contributed by atoms with E-state index in [0.717, 1.165) is 30.9 Å². The van der Waals surface area contributed by atoms with Crippen molar-refractivity contribution in [3.8, 4) is 0 Å². The molecule has 3 rings (SSSR count). The van der Waals surface area contributed by atoms with Gasteiger partial charge in [-0.2, -0.15) is 0 Å². The van der Waals surface area contributed by atoms with E-state index in [0.29, 0.717) is 25.1 Å². The van der Waals surface area contributed by atoms with Crippen molar-refractivity contribution in [1.29, 1.82) is 0 Å². The highest BCUT2D eigenvalue weighted by molar-refractivity contribution is 5.76. The first kappa shape index (κ1) is 20.4. The quantitative estimate of drug-likeness (QED) is 0.655. The van der Waals surface area contributed by atoms with Gasteiger partial charge in [0.05, 0.1) is 0 Å². The number of aryl methyl sites for hydroxylation is 2. The molecule has 0 saturated carbocycles. The van der Waals surface area contributed by atoms with Gasteiger partial charge in [-0.15, -0.1) is 0 Å². The van der Waals surface area contributed by atoms with E-state index >= 15 is 0 Å². The van der Waals surface area contributed by atoms with Crippen LogP contribution in [0.3, 0.4) is 0 Å². The zero-order valence-corrected chi connectivity index (χ0v) is 17.5. The second kappa shape index (κ2) is 9.74. The lowest BCUT2D eigenvalue weighted by Crippen LogP contribution is -2.52. The van der Waals surface area contributed by atoms with Crippen LogP contribution in [0.2, 0.25) is 0 Å². The number of aromatic nitrogens is 1. The van der Waals surface area contributed by atoms with E-state index in [1.54, 1.807) is 7.11 Å². The summed E-state index contributed by atoms with van der Waals surface area (Å²) in [5.74, 6) is 0.874. The highest BCUT2D eigenvalue weighted by Crippen LogP contribution is 2.31. The Bertz CT molecular complexity index is 591. The van der Waals surface area contributed by atoms with Gasteiger partial charge in [0.2, 0.25) is 5.91 Å². The molecule has 1 aromatic heterocycles. The number of rotatable bonds is 8. The van der Waals surface area contributed by atoms with Crippen LogP contribution in [0.4, 0.5) is 0 Å². The maximum Gasteiger partial charge on any atom is 0.242 e. The summed E-state index contributed by atoms with van der Waals surface area (Å²) in [6.45, 7) is 9.54. The summed E-state index contributed by atoms with van der Waals surface area (Å²) in [6, 6.07) is 4.87. The van der Waals surface area contributed by atoms with E-state index in [2.05, 4.69) is 40.3 Å². The number of ether oxygens (including phenoxy) is 1. The van der Waals surface area contributed by atoms with Crippen molar-refractivity contribution in [3.63, 3.8) is 0 Å². The molecule has 27 heavy (non-hydrogen) atoms. The molecule has 2 saturated heterocycles. The van der Waals surface area contributed by atoms with Gasteiger partial charge in [0.1, 0.15) is 6.54 Å². The predicted octanol–water partition coefficient (Wildman–Crippen LogP) is 3.23. The number of hydrogen-bond acceptors (Lipinski definition) is 3. The van der Waals surface area contributed by atoms with Crippen LogP contribution >= 0.6 is 0 Å². The number of methoxy groups -OCH3 is 1. The molecule has 0 aliphatic carbocycles. The molecule has 5 heteroatoms. The molecule has 1 amide bonds. The molecule has 0 radical (unpaired) electrons. The summed E-state index contributed by atoms with van der Waals surface area (Å²) in [4.78, 5) is 18.0. The van der Waals surface area contributed by atoms with Gasteiger partial charge in [-0.25, -0.2) is 0 Å². The van der Waals surface area contributed by atoms with Crippen LogP contribution in [0.5, 0.6) is 0 Å². The van der Waals surface area contributed by atoms with E-state index in [1.165, 1.54) is 45.2 Å². The fourth-order valence-electron chi connectivity index (χ4n) is 4.97. The molecule has 2 aliphatic rings. The highest BCUT2D eigenvalue weighted by atomic mass is 16.5. The summed E-state index contributed by atoms with van der Waals surface area (Å²) < 4.78 is 7.38. The van der Waals surface area contributed by atoms with Gasteiger partial charge in [0.15, 0.2) is 0 Å². The van der Waals surface area contributed by atoms with Crippen molar-refractivity contribution in [2.45, 2.75) is 65.0 Å². The van der Waals surface area contributed by atoms with E-state index in [9.17, 15) is 4.79 Å². The van der Waals surface area contributed by atoms with Gasteiger partial charge in [0, 0.05) is 44.2 Å². The summed E-state index contributed by atoms with van der Waals surface area (Å²) in [7, 11) is 1.74. The zero-order valence-electron chi connectivity index (χ0n) is 17.5. The average molecular weight is 376 g/mol. The standard InChI is InChI=1S/C22H37N3O2/c1-18-10-11-19(2)25(18)17-22(26)24(14-7-15-27-3)16-20-8-6-13-23-12-5-4-9-21(20)23/h10-11,20-21H,4-9,12-17H2,1-3H3. The minimum atomic E-state index is 0.251. The van der Waals surface area contributed by atoms with Crippen LogP contribution in [-0.4, -0.2) is 66.2 Å². The SMILES string of the molecule is COCCCN(CC1CCCN2CCCCC12)C(=O)Cn1c(C)ccc1C.